The quantitative estimate of drug-likeness (QED) is 0.902. The predicted octanol–water partition coefficient (Wildman–Crippen LogP) is 1.69. The van der Waals surface area contributed by atoms with Crippen LogP contribution in [0.5, 0.6) is 0 Å². The Morgan fingerprint density at radius 2 is 2.56 bits per heavy atom. The highest BCUT2D eigenvalue weighted by Crippen LogP contribution is 2.26. The fourth-order valence-corrected chi connectivity index (χ4v) is 3.05. The van der Waals surface area contributed by atoms with Crippen LogP contribution in [0, 0.1) is 6.92 Å². The second kappa shape index (κ2) is 5.77. The Balaban J connectivity index is 2.06. The molecule has 1 aromatic heterocycles. The van der Waals surface area contributed by atoms with Crippen molar-refractivity contribution in [3.05, 3.63) is 16.1 Å². The Labute approximate surface area is 110 Å². The van der Waals surface area contributed by atoms with Crippen LogP contribution in [0.3, 0.4) is 0 Å². The van der Waals surface area contributed by atoms with Gasteiger partial charge in [0.25, 0.3) is 0 Å². The maximum atomic E-state index is 11.2. The van der Waals surface area contributed by atoms with E-state index in [1.807, 2.05) is 24.1 Å². The van der Waals surface area contributed by atoms with E-state index in [2.05, 4.69) is 4.98 Å². The number of morpholine rings is 1. The van der Waals surface area contributed by atoms with E-state index in [1.54, 1.807) is 11.3 Å². The van der Waals surface area contributed by atoms with Crippen LogP contribution in [0.15, 0.2) is 5.38 Å². The summed E-state index contributed by atoms with van der Waals surface area (Å²) in [6.07, 6.45) is 0.518. The summed E-state index contributed by atoms with van der Waals surface area (Å²) in [4.78, 5) is 17.6. The lowest BCUT2D eigenvalue weighted by molar-refractivity contribution is -0.147. The topological polar surface area (TPSA) is 62.7 Å². The van der Waals surface area contributed by atoms with E-state index >= 15 is 0 Å². The van der Waals surface area contributed by atoms with Crippen LogP contribution in [-0.2, 0) is 9.53 Å². The monoisotopic (exact) mass is 270 g/mol. The van der Waals surface area contributed by atoms with E-state index in [0.717, 1.165) is 10.7 Å². The average molecular weight is 270 g/mol. The molecule has 5 nitrogen and oxygen atoms in total. The van der Waals surface area contributed by atoms with Crippen molar-refractivity contribution < 1.29 is 14.6 Å². The SMILES string of the molecule is CCC(C(=O)O)N1CCOC(c2nc(C)cs2)C1. The summed E-state index contributed by atoms with van der Waals surface area (Å²) in [6, 6.07) is -0.419. The maximum Gasteiger partial charge on any atom is 0.320 e. The number of hydrogen-bond acceptors (Lipinski definition) is 5. The summed E-state index contributed by atoms with van der Waals surface area (Å²) in [6.45, 7) is 5.69. The number of aromatic nitrogens is 1. The maximum absolute atomic E-state index is 11.2. The smallest absolute Gasteiger partial charge is 0.320 e. The number of carbonyl (C=O) groups is 1. The van der Waals surface area contributed by atoms with Crippen molar-refractivity contribution in [2.45, 2.75) is 32.4 Å². The van der Waals surface area contributed by atoms with Gasteiger partial charge in [0.05, 0.1) is 6.61 Å². The van der Waals surface area contributed by atoms with Crippen molar-refractivity contribution in [3.63, 3.8) is 0 Å². The predicted molar refractivity (Wildman–Crippen MR) is 68.8 cm³/mol. The Bertz CT molecular complexity index is 421. The number of carboxylic acids is 1. The fraction of sp³-hybridized carbons (Fsp3) is 0.667. The Morgan fingerprint density at radius 3 is 3.11 bits per heavy atom. The minimum absolute atomic E-state index is 0.0918. The summed E-state index contributed by atoms with van der Waals surface area (Å²) in [7, 11) is 0. The second-order valence-electron chi connectivity index (χ2n) is 4.44. The highest BCUT2D eigenvalue weighted by Gasteiger charge is 2.31. The first kappa shape index (κ1) is 13.5. The Morgan fingerprint density at radius 1 is 1.78 bits per heavy atom. The van der Waals surface area contributed by atoms with Crippen molar-refractivity contribution in [2.24, 2.45) is 0 Å². The Kier molecular flexibility index (Phi) is 4.31. The van der Waals surface area contributed by atoms with Gasteiger partial charge in [-0.15, -0.1) is 11.3 Å². The molecule has 0 aromatic carbocycles. The summed E-state index contributed by atoms with van der Waals surface area (Å²) in [5, 5.41) is 12.1. The summed E-state index contributed by atoms with van der Waals surface area (Å²) in [5.41, 5.74) is 0.987. The number of aryl methyl sites for hydroxylation is 1. The molecular weight excluding hydrogens is 252 g/mol. The first-order valence-electron chi connectivity index (χ1n) is 6.12. The molecule has 1 fully saturated rings. The van der Waals surface area contributed by atoms with Gasteiger partial charge in [-0.05, 0) is 13.3 Å². The van der Waals surface area contributed by atoms with Crippen LogP contribution in [0.2, 0.25) is 0 Å². The molecule has 18 heavy (non-hydrogen) atoms. The molecule has 0 bridgehead atoms. The van der Waals surface area contributed by atoms with Crippen molar-refractivity contribution in [1.29, 1.82) is 0 Å². The summed E-state index contributed by atoms with van der Waals surface area (Å²) in [5.74, 6) is -0.756. The fourth-order valence-electron chi connectivity index (χ4n) is 2.21. The lowest BCUT2D eigenvalue weighted by Gasteiger charge is -2.35. The molecule has 1 aliphatic rings. The molecule has 0 amide bonds. The standard InChI is InChI=1S/C12H18N2O3S/c1-3-9(12(15)16)14-4-5-17-10(6-14)11-13-8(2)7-18-11/h7,9-10H,3-6H2,1-2H3,(H,15,16). The van der Waals surface area contributed by atoms with E-state index in [1.165, 1.54) is 0 Å². The number of nitrogens with zero attached hydrogens (tertiary/aromatic N) is 2. The minimum atomic E-state index is -0.756. The third-order valence-corrected chi connectivity index (χ3v) is 4.18. The van der Waals surface area contributed by atoms with E-state index < -0.39 is 12.0 Å². The van der Waals surface area contributed by atoms with Crippen LogP contribution >= 0.6 is 11.3 Å². The first-order chi connectivity index (χ1) is 8.61. The highest BCUT2D eigenvalue weighted by atomic mass is 32.1. The lowest BCUT2D eigenvalue weighted by atomic mass is 10.1. The largest absolute Gasteiger partial charge is 0.480 e. The third-order valence-electron chi connectivity index (χ3n) is 3.12. The highest BCUT2D eigenvalue weighted by molar-refractivity contribution is 7.09. The zero-order valence-corrected chi connectivity index (χ0v) is 11.4. The van der Waals surface area contributed by atoms with Gasteiger partial charge in [0.15, 0.2) is 0 Å². The molecule has 2 unspecified atom stereocenters. The van der Waals surface area contributed by atoms with Gasteiger partial charge in [-0.3, -0.25) is 9.69 Å². The normalized spacial score (nSPS) is 22.9. The van der Waals surface area contributed by atoms with Gasteiger partial charge in [0.2, 0.25) is 0 Å². The number of carboxylic acid groups (broad SMARTS) is 1. The van der Waals surface area contributed by atoms with Crippen LogP contribution in [0.1, 0.15) is 30.2 Å². The zero-order chi connectivity index (χ0) is 13.1. The summed E-state index contributed by atoms with van der Waals surface area (Å²) < 4.78 is 5.70. The van der Waals surface area contributed by atoms with Crippen molar-refractivity contribution >= 4 is 17.3 Å². The lowest BCUT2D eigenvalue weighted by Crippen LogP contribution is -2.48. The zero-order valence-electron chi connectivity index (χ0n) is 10.6. The molecule has 2 atom stereocenters. The minimum Gasteiger partial charge on any atom is -0.480 e. The van der Waals surface area contributed by atoms with E-state index in [0.29, 0.717) is 26.1 Å². The van der Waals surface area contributed by atoms with Gasteiger partial charge in [-0.1, -0.05) is 6.92 Å². The third kappa shape index (κ3) is 2.88. The molecule has 1 saturated heterocycles. The van der Waals surface area contributed by atoms with E-state index in [4.69, 9.17) is 4.74 Å². The molecule has 1 aromatic rings. The number of thiazole rings is 1. The van der Waals surface area contributed by atoms with Crippen molar-refractivity contribution in [3.8, 4) is 0 Å². The number of rotatable bonds is 4. The number of hydrogen-bond donors (Lipinski definition) is 1. The van der Waals surface area contributed by atoms with Crippen molar-refractivity contribution in [1.82, 2.24) is 9.88 Å². The summed E-state index contributed by atoms with van der Waals surface area (Å²) >= 11 is 1.58. The molecule has 2 heterocycles. The molecule has 0 radical (unpaired) electrons. The van der Waals surface area contributed by atoms with E-state index in [9.17, 15) is 9.90 Å². The van der Waals surface area contributed by atoms with Gasteiger partial charge in [0, 0.05) is 24.2 Å². The molecule has 1 aliphatic heterocycles. The molecule has 0 saturated carbocycles. The second-order valence-corrected chi connectivity index (χ2v) is 5.33. The molecule has 100 valence electrons. The van der Waals surface area contributed by atoms with Crippen LogP contribution < -0.4 is 0 Å². The number of ether oxygens (including phenoxy) is 1. The number of aliphatic carboxylic acids is 1. The van der Waals surface area contributed by atoms with Crippen molar-refractivity contribution in [2.75, 3.05) is 19.7 Å². The van der Waals surface area contributed by atoms with Gasteiger partial charge in [-0.25, -0.2) is 4.98 Å². The average Bonchev–Trinajstić information content (AvgIpc) is 2.77. The molecule has 0 spiro atoms. The molecule has 2 rings (SSSR count). The Hall–Kier alpha value is -0.980. The molecule has 1 N–H and O–H groups in total. The van der Waals surface area contributed by atoms with Crippen LogP contribution in [-0.4, -0.2) is 46.7 Å². The van der Waals surface area contributed by atoms with Gasteiger partial charge in [0.1, 0.15) is 17.2 Å². The van der Waals surface area contributed by atoms with Gasteiger partial charge in [-0.2, -0.15) is 0 Å². The van der Waals surface area contributed by atoms with Gasteiger partial charge >= 0.3 is 5.97 Å². The van der Waals surface area contributed by atoms with Crippen LogP contribution in [0.4, 0.5) is 0 Å². The van der Waals surface area contributed by atoms with E-state index in [-0.39, 0.29) is 6.10 Å². The molecule has 0 aliphatic carbocycles. The van der Waals surface area contributed by atoms with Gasteiger partial charge < -0.3 is 9.84 Å². The molecule has 6 heteroatoms. The first-order valence-corrected chi connectivity index (χ1v) is 7.00. The van der Waals surface area contributed by atoms with Crippen LogP contribution in [0.25, 0.3) is 0 Å². The molecular formula is C12H18N2O3S.